The number of guanidine groups is 1. The summed E-state index contributed by atoms with van der Waals surface area (Å²) in [5.41, 5.74) is 1.31. The molecular weight excluding hydrogens is 368 g/mol. The van der Waals surface area contributed by atoms with Crippen molar-refractivity contribution in [2.45, 2.75) is 18.8 Å². The van der Waals surface area contributed by atoms with Gasteiger partial charge in [0.15, 0.2) is 18.2 Å². The van der Waals surface area contributed by atoms with E-state index in [2.05, 4.69) is 40.6 Å². The normalized spacial score (nSPS) is 25.4. The van der Waals surface area contributed by atoms with Crippen molar-refractivity contribution in [2.24, 2.45) is 4.99 Å². The quantitative estimate of drug-likeness (QED) is 0.707. The van der Waals surface area contributed by atoms with Crippen LogP contribution in [-0.2, 0) is 11.3 Å². The molecule has 0 bridgehead atoms. The molecular formula is C21H28N6O2. The third-order valence-corrected chi connectivity index (χ3v) is 5.92. The van der Waals surface area contributed by atoms with Gasteiger partial charge in [0.05, 0.1) is 0 Å². The van der Waals surface area contributed by atoms with Crippen LogP contribution in [0.3, 0.4) is 0 Å². The van der Waals surface area contributed by atoms with Gasteiger partial charge < -0.3 is 14.7 Å². The highest BCUT2D eigenvalue weighted by Crippen LogP contribution is 2.28. The molecule has 1 aromatic rings. The predicted molar refractivity (Wildman–Crippen MR) is 111 cm³/mol. The average Bonchev–Trinajstić information content (AvgIpc) is 3.12. The molecule has 8 heteroatoms. The van der Waals surface area contributed by atoms with Crippen LogP contribution >= 0.6 is 0 Å². The number of amides is 3. The van der Waals surface area contributed by atoms with Gasteiger partial charge in [-0.1, -0.05) is 36.4 Å². The molecule has 0 aliphatic carbocycles. The Kier molecular flexibility index (Phi) is 5.27. The Bertz CT molecular complexity index is 818. The molecule has 2 unspecified atom stereocenters. The summed E-state index contributed by atoms with van der Waals surface area (Å²) in [6.45, 7) is 8.82. The largest absolute Gasteiger partial charge is 0.340 e. The van der Waals surface area contributed by atoms with Crippen LogP contribution in [0, 0.1) is 0 Å². The van der Waals surface area contributed by atoms with Crippen molar-refractivity contribution >= 4 is 17.9 Å². The Morgan fingerprint density at radius 3 is 2.45 bits per heavy atom. The van der Waals surface area contributed by atoms with Crippen molar-refractivity contribution in [2.75, 3.05) is 46.8 Å². The first kappa shape index (κ1) is 19.4. The molecule has 0 spiro atoms. The number of imide groups is 1. The van der Waals surface area contributed by atoms with E-state index in [1.54, 1.807) is 18.0 Å². The molecule has 29 heavy (non-hydrogen) atoms. The fourth-order valence-electron chi connectivity index (χ4n) is 4.30. The van der Waals surface area contributed by atoms with E-state index in [1.807, 2.05) is 11.0 Å². The Labute approximate surface area is 171 Å². The zero-order valence-electron chi connectivity index (χ0n) is 17.1. The maximum atomic E-state index is 12.8. The summed E-state index contributed by atoms with van der Waals surface area (Å²) >= 11 is 0. The van der Waals surface area contributed by atoms with Crippen molar-refractivity contribution in [3.63, 3.8) is 0 Å². The monoisotopic (exact) mass is 396 g/mol. The lowest BCUT2D eigenvalue weighted by atomic mass is 10.1. The van der Waals surface area contributed by atoms with Gasteiger partial charge in [-0.3, -0.25) is 14.6 Å². The van der Waals surface area contributed by atoms with Gasteiger partial charge in [-0.15, -0.1) is 6.58 Å². The van der Waals surface area contributed by atoms with Gasteiger partial charge in [-0.05, 0) is 5.56 Å². The number of piperazine rings is 1. The summed E-state index contributed by atoms with van der Waals surface area (Å²) in [7, 11) is 3.24. The number of benzene rings is 1. The topological polar surface area (TPSA) is 62.7 Å². The fraction of sp³-hybridized carbons (Fsp3) is 0.476. The van der Waals surface area contributed by atoms with Crippen LogP contribution in [0.15, 0.2) is 48.0 Å². The van der Waals surface area contributed by atoms with E-state index in [1.165, 1.54) is 17.5 Å². The lowest BCUT2D eigenvalue weighted by molar-refractivity contribution is -0.136. The van der Waals surface area contributed by atoms with Gasteiger partial charge in [0.2, 0.25) is 0 Å². The summed E-state index contributed by atoms with van der Waals surface area (Å²) < 4.78 is 0. The van der Waals surface area contributed by atoms with Crippen molar-refractivity contribution in [1.29, 1.82) is 0 Å². The maximum Gasteiger partial charge on any atom is 0.328 e. The minimum Gasteiger partial charge on any atom is -0.340 e. The maximum absolute atomic E-state index is 12.8. The number of urea groups is 1. The number of likely N-dealkylation sites (N-methyl/N-ethyl adjacent to an activating group) is 2. The minimum atomic E-state index is -0.488. The van der Waals surface area contributed by atoms with Crippen LogP contribution in [0.25, 0.3) is 0 Å². The van der Waals surface area contributed by atoms with Crippen LogP contribution in [0.2, 0.25) is 0 Å². The number of carbonyl (C=O) groups is 2. The number of hydrogen-bond donors (Lipinski definition) is 0. The second kappa shape index (κ2) is 7.87. The number of aliphatic imine (C=N–C) groups is 1. The van der Waals surface area contributed by atoms with E-state index in [-0.39, 0.29) is 11.9 Å². The molecule has 2 atom stereocenters. The highest BCUT2D eigenvalue weighted by molar-refractivity contribution is 6.03. The van der Waals surface area contributed by atoms with Crippen molar-refractivity contribution in [3.05, 3.63) is 48.6 Å². The van der Waals surface area contributed by atoms with E-state index in [0.29, 0.717) is 6.54 Å². The summed E-state index contributed by atoms with van der Waals surface area (Å²) in [4.78, 5) is 39.4. The number of nitrogens with zero attached hydrogens (tertiary/aromatic N) is 6. The van der Waals surface area contributed by atoms with Crippen LogP contribution in [-0.4, -0.2) is 101 Å². The van der Waals surface area contributed by atoms with Crippen molar-refractivity contribution in [1.82, 2.24) is 24.5 Å². The highest BCUT2D eigenvalue weighted by atomic mass is 16.2. The zero-order valence-corrected chi connectivity index (χ0v) is 17.1. The Morgan fingerprint density at radius 2 is 1.79 bits per heavy atom. The number of hydrogen-bond acceptors (Lipinski definition) is 6. The molecule has 0 aromatic heterocycles. The van der Waals surface area contributed by atoms with Gasteiger partial charge >= 0.3 is 6.03 Å². The molecule has 0 saturated carbocycles. The predicted octanol–water partition coefficient (Wildman–Crippen LogP) is 0.880. The van der Waals surface area contributed by atoms with E-state index in [4.69, 9.17) is 4.99 Å². The molecule has 3 aliphatic heterocycles. The van der Waals surface area contributed by atoms with Crippen molar-refractivity contribution < 1.29 is 9.59 Å². The molecule has 154 valence electrons. The molecule has 2 fully saturated rings. The summed E-state index contributed by atoms with van der Waals surface area (Å²) in [5, 5.41) is 0. The first-order valence-corrected chi connectivity index (χ1v) is 10.0. The summed E-state index contributed by atoms with van der Waals surface area (Å²) in [6, 6.07) is 9.68. The number of carbonyl (C=O) groups excluding carboxylic acids is 2. The van der Waals surface area contributed by atoms with E-state index in [9.17, 15) is 9.59 Å². The molecule has 3 heterocycles. The molecule has 3 amide bonds. The van der Waals surface area contributed by atoms with Gasteiger partial charge in [-0.2, -0.15) is 0 Å². The Morgan fingerprint density at radius 1 is 1.10 bits per heavy atom. The van der Waals surface area contributed by atoms with Crippen molar-refractivity contribution in [3.8, 4) is 0 Å². The molecule has 4 rings (SSSR count). The molecule has 3 aliphatic rings. The summed E-state index contributed by atoms with van der Waals surface area (Å²) in [5.74, 6) is 0.587. The van der Waals surface area contributed by atoms with Gasteiger partial charge in [0, 0.05) is 53.4 Å². The Balaban J connectivity index is 1.48. The lowest BCUT2D eigenvalue weighted by Crippen LogP contribution is -2.64. The van der Waals surface area contributed by atoms with Gasteiger partial charge in [-0.25, -0.2) is 9.79 Å². The smallest absolute Gasteiger partial charge is 0.328 e. The van der Waals surface area contributed by atoms with Gasteiger partial charge in [0.1, 0.15) is 0 Å². The van der Waals surface area contributed by atoms with Gasteiger partial charge in [0.25, 0.3) is 5.91 Å². The minimum absolute atomic E-state index is 0.207. The number of fused-ring (bicyclic) bond motifs is 1. The second-order valence-electron chi connectivity index (χ2n) is 7.77. The molecule has 0 radical (unpaired) electrons. The zero-order chi connectivity index (χ0) is 20.5. The SMILES string of the molecule is C=CCN1C(N2CCN(Cc3ccccc3)CC2)=NC2C1C(=O)N(C)C(=O)N2C. The average molecular weight is 396 g/mol. The van der Waals surface area contributed by atoms with E-state index < -0.39 is 12.2 Å². The lowest BCUT2D eigenvalue weighted by Gasteiger charge is -2.41. The second-order valence-corrected chi connectivity index (χ2v) is 7.77. The van der Waals surface area contributed by atoms with E-state index in [0.717, 1.165) is 38.7 Å². The fourth-order valence-corrected chi connectivity index (χ4v) is 4.30. The molecule has 0 N–H and O–H groups in total. The van der Waals surface area contributed by atoms with Crippen LogP contribution in [0.1, 0.15) is 5.56 Å². The van der Waals surface area contributed by atoms with Crippen LogP contribution in [0.5, 0.6) is 0 Å². The third kappa shape index (κ3) is 3.48. The molecule has 1 aromatic carbocycles. The first-order chi connectivity index (χ1) is 14.0. The Hall–Kier alpha value is -2.87. The highest BCUT2D eigenvalue weighted by Gasteiger charge is 2.51. The van der Waals surface area contributed by atoms with Crippen LogP contribution < -0.4 is 0 Å². The first-order valence-electron chi connectivity index (χ1n) is 10.0. The third-order valence-electron chi connectivity index (χ3n) is 5.92. The number of rotatable bonds is 4. The molecule has 2 saturated heterocycles. The standard InChI is InChI=1S/C21H28N6O2/c1-4-10-27-17-18(23(2)21(29)24(3)19(17)28)22-20(27)26-13-11-25(12-14-26)15-16-8-6-5-7-9-16/h4-9,17-18H,1,10-15H2,2-3H3. The van der Waals surface area contributed by atoms with E-state index >= 15 is 0 Å². The molecule has 8 nitrogen and oxygen atoms in total. The van der Waals surface area contributed by atoms with Crippen LogP contribution in [0.4, 0.5) is 4.79 Å². The summed E-state index contributed by atoms with van der Waals surface area (Å²) in [6.07, 6.45) is 1.30.